The fourth-order valence-electron chi connectivity index (χ4n) is 3.59. The van der Waals surface area contributed by atoms with Crippen molar-refractivity contribution < 1.29 is 9.18 Å². The summed E-state index contributed by atoms with van der Waals surface area (Å²) < 4.78 is 13.9. The van der Waals surface area contributed by atoms with Crippen LogP contribution in [0.15, 0.2) is 42.5 Å². The number of carbonyl (C=O) groups is 1. The van der Waals surface area contributed by atoms with E-state index in [1.54, 1.807) is 12.1 Å². The van der Waals surface area contributed by atoms with Crippen molar-refractivity contribution in [2.75, 3.05) is 42.9 Å². The van der Waals surface area contributed by atoms with E-state index in [9.17, 15) is 9.18 Å². The van der Waals surface area contributed by atoms with Gasteiger partial charge in [0, 0.05) is 31.9 Å². The molecule has 0 radical (unpaired) electrons. The largest absolute Gasteiger partial charge is 0.376 e. The SMILES string of the molecule is Cc1cccc(C(C)C)c1NCC(=O)N1CCN(c2ccccc2F)CC1. The van der Waals surface area contributed by atoms with Crippen LogP contribution in [-0.2, 0) is 4.79 Å². The molecule has 5 heteroatoms. The zero-order valence-corrected chi connectivity index (χ0v) is 16.3. The van der Waals surface area contributed by atoms with Gasteiger partial charge in [0.25, 0.3) is 0 Å². The maximum absolute atomic E-state index is 13.9. The van der Waals surface area contributed by atoms with Crippen molar-refractivity contribution in [2.24, 2.45) is 0 Å². The van der Waals surface area contributed by atoms with Gasteiger partial charge in [0.1, 0.15) is 5.82 Å². The monoisotopic (exact) mass is 369 g/mol. The van der Waals surface area contributed by atoms with E-state index >= 15 is 0 Å². The molecule has 1 aliphatic rings. The lowest BCUT2D eigenvalue weighted by molar-refractivity contribution is -0.129. The van der Waals surface area contributed by atoms with Crippen molar-refractivity contribution >= 4 is 17.3 Å². The third kappa shape index (κ3) is 4.41. The van der Waals surface area contributed by atoms with Gasteiger partial charge < -0.3 is 15.1 Å². The average Bonchev–Trinajstić information content (AvgIpc) is 2.67. The Morgan fingerprint density at radius 3 is 2.44 bits per heavy atom. The summed E-state index contributed by atoms with van der Waals surface area (Å²) >= 11 is 0. The highest BCUT2D eigenvalue weighted by Gasteiger charge is 2.22. The summed E-state index contributed by atoms with van der Waals surface area (Å²) in [6, 6.07) is 13.0. The molecular formula is C22H28FN3O. The summed E-state index contributed by atoms with van der Waals surface area (Å²) in [5, 5.41) is 3.35. The van der Waals surface area contributed by atoms with Crippen LogP contribution in [0.25, 0.3) is 0 Å². The second kappa shape index (κ2) is 8.42. The van der Waals surface area contributed by atoms with Gasteiger partial charge >= 0.3 is 0 Å². The Hall–Kier alpha value is -2.56. The van der Waals surface area contributed by atoms with Gasteiger partial charge in [0.2, 0.25) is 5.91 Å². The fraction of sp³-hybridized carbons (Fsp3) is 0.409. The van der Waals surface area contributed by atoms with Crippen molar-refractivity contribution in [1.82, 2.24) is 4.90 Å². The first-order chi connectivity index (χ1) is 13.0. The number of rotatable bonds is 5. The number of halogens is 1. The Labute approximate surface area is 161 Å². The number of anilines is 2. The standard InChI is InChI=1S/C22H28FN3O/c1-16(2)18-8-6-7-17(3)22(18)24-15-21(27)26-13-11-25(12-14-26)20-10-5-4-9-19(20)23/h4-10,16,24H,11-15H2,1-3H3. The highest BCUT2D eigenvalue weighted by Crippen LogP contribution is 2.27. The van der Waals surface area contributed by atoms with E-state index in [-0.39, 0.29) is 18.3 Å². The van der Waals surface area contributed by atoms with Crippen molar-refractivity contribution in [1.29, 1.82) is 0 Å². The molecule has 1 amide bonds. The van der Waals surface area contributed by atoms with Crippen LogP contribution < -0.4 is 10.2 Å². The van der Waals surface area contributed by atoms with Gasteiger partial charge in [-0.15, -0.1) is 0 Å². The minimum Gasteiger partial charge on any atom is -0.376 e. The molecule has 1 heterocycles. The summed E-state index contributed by atoms with van der Waals surface area (Å²) in [6.07, 6.45) is 0. The van der Waals surface area contributed by atoms with Crippen molar-refractivity contribution in [2.45, 2.75) is 26.7 Å². The minimum absolute atomic E-state index is 0.0844. The number of piperazine rings is 1. The second-order valence-electron chi connectivity index (χ2n) is 7.37. The summed E-state index contributed by atoms with van der Waals surface area (Å²) in [6.45, 7) is 9.17. The van der Waals surface area contributed by atoms with Crippen LogP contribution in [0.1, 0.15) is 30.9 Å². The molecule has 0 saturated carbocycles. The molecule has 144 valence electrons. The first-order valence-corrected chi connectivity index (χ1v) is 9.58. The van der Waals surface area contributed by atoms with Gasteiger partial charge in [-0.1, -0.05) is 44.2 Å². The van der Waals surface area contributed by atoms with E-state index in [0.29, 0.717) is 37.8 Å². The number of amides is 1. The number of nitrogens with one attached hydrogen (secondary N) is 1. The summed E-state index contributed by atoms with van der Waals surface area (Å²) in [4.78, 5) is 16.5. The maximum atomic E-state index is 13.9. The van der Waals surface area contributed by atoms with Crippen molar-refractivity contribution in [3.05, 3.63) is 59.4 Å². The normalized spacial score (nSPS) is 14.6. The van der Waals surface area contributed by atoms with Crippen molar-refractivity contribution in [3.63, 3.8) is 0 Å². The molecule has 0 atom stereocenters. The first kappa shape index (κ1) is 19.2. The predicted molar refractivity (Wildman–Crippen MR) is 109 cm³/mol. The molecule has 1 fully saturated rings. The Bertz CT molecular complexity index is 798. The summed E-state index contributed by atoms with van der Waals surface area (Å²) in [5.41, 5.74) is 4.06. The van der Waals surface area contributed by atoms with Crippen LogP contribution in [0.3, 0.4) is 0 Å². The molecule has 2 aromatic carbocycles. The van der Waals surface area contributed by atoms with Gasteiger partial charge in [0.05, 0.1) is 12.2 Å². The molecule has 0 spiro atoms. The van der Waals surface area contributed by atoms with E-state index in [4.69, 9.17) is 0 Å². The topological polar surface area (TPSA) is 35.6 Å². The first-order valence-electron chi connectivity index (χ1n) is 9.58. The molecule has 3 rings (SSSR count). The van der Waals surface area contributed by atoms with E-state index < -0.39 is 0 Å². The van der Waals surface area contributed by atoms with E-state index in [1.807, 2.05) is 15.9 Å². The molecule has 1 aliphatic heterocycles. The van der Waals surface area contributed by atoms with E-state index in [0.717, 1.165) is 11.3 Å². The van der Waals surface area contributed by atoms with Crippen LogP contribution in [0.5, 0.6) is 0 Å². The van der Waals surface area contributed by atoms with Crippen LogP contribution in [0.2, 0.25) is 0 Å². The highest BCUT2D eigenvalue weighted by atomic mass is 19.1. The second-order valence-corrected chi connectivity index (χ2v) is 7.37. The van der Waals surface area contributed by atoms with E-state index in [2.05, 4.69) is 44.3 Å². The molecule has 27 heavy (non-hydrogen) atoms. The molecule has 0 unspecified atom stereocenters. The van der Waals surface area contributed by atoms with Crippen LogP contribution in [0.4, 0.5) is 15.8 Å². The van der Waals surface area contributed by atoms with E-state index in [1.165, 1.54) is 11.6 Å². The number of para-hydroxylation sites is 2. The quantitative estimate of drug-likeness (QED) is 0.865. The fourth-order valence-corrected chi connectivity index (χ4v) is 3.59. The Kier molecular flexibility index (Phi) is 5.99. The molecule has 0 aromatic heterocycles. The Morgan fingerprint density at radius 2 is 1.78 bits per heavy atom. The number of aryl methyl sites for hydroxylation is 1. The van der Waals surface area contributed by atoms with Gasteiger partial charge in [-0.25, -0.2) is 4.39 Å². The maximum Gasteiger partial charge on any atom is 0.241 e. The van der Waals surface area contributed by atoms with Gasteiger partial charge in [0.15, 0.2) is 0 Å². The number of hydrogen-bond donors (Lipinski definition) is 1. The zero-order valence-electron chi connectivity index (χ0n) is 16.3. The number of benzene rings is 2. The lowest BCUT2D eigenvalue weighted by Gasteiger charge is -2.36. The average molecular weight is 369 g/mol. The molecule has 2 aromatic rings. The molecule has 1 saturated heterocycles. The minimum atomic E-state index is -0.209. The Balaban J connectivity index is 1.57. The molecule has 1 N–H and O–H groups in total. The van der Waals surface area contributed by atoms with Gasteiger partial charge in [-0.3, -0.25) is 4.79 Å². The van der Waals surface area contributed by atoms with Gasteiger partial charge in [-0.2, -0.15) is 0 Å². The predicted octanol–water partition coefficient (Wildman–Crippen LogP) is 4.02. The molecule has 0 aliphatic carbocycles. The summed E-state index contributed by atoms with van der Waals surface area (Å²) in [7, 11) is 0. The van der Waals surface area contributed by atoms with Crippen molar-refractivity contribution in [3.8, 4) is 0 Å². The number of nitrogens with zero attached hydrogens (tertiary/aromatic N) is 2. The summed E-state index contributed by atoms with van der Waals surface area (Å²) in [5.74, 6) is 0.271. The van der Waals surface area contributed by atoms with Crippen LogP contribution in [0, 0.1) is 12.7 Å². The lowest BCUT2D eigenvalue weighted by atomic mass is 9.98. The van der Waals surface area contributed by atoms with Gasteiger partial charge in [-0.05, 0) is 36.1 Å². The third-order valence-corrected chi connectivity index (χ3v) is 5.17. The van der Waals surface area contributed by atoms with Crippen LogP contribution >= 0.6 is 0 Å². The van der Waals surface area contributed by atoms with Crippen LogP contribution in [-0.4, -0.2) is 43.5 Å². The zero-order chi connectivity index (χ0) is 19.4. The smallest absolute Gasteiger partial charge is 0.241 e. The highest BCUT2D eigenvalue weighted by molar-refractivity contribution is 5.82. The molecule has 4 nitrogen and oxygen atoms in total. The molecular weight excluding hydrogens is 341 g/mol. The third-order valence-electron chi connectivity index (χ3n) is 5.17. The molecule has 0 bridgehead atoms. The number of carbonyl (C=O) groups excluding carboxylic acids is 1. The number of hydrogen-bond acceptors (Lipinski definition) is 3. The lowest BCUT2D eigenvalue weighted by Crippen LogP contribution is -2.50. The Morgan fingerprint density at radius 1 is 1.07 bits per heavy atom.